The Morgan fingerprint density at radius 1 is 1.28 bits per heavy atom. The molecule has 1 aromatic carbocycles. The first-order valence-electron chi connectivity index (χ1n) is 10.2. The maximum absolute atomic E-state index is 13.4. The molecule has 3 heterocycles. The van der Waals surface area contributed by atoms with Crippen molar-refractivity contribution in [3.63, 3.8) is 0 Å². The lowest BCUT2D eigenvalue weighted by Gasteiger charge is -2.36. The molecule has 0 unspecified atom stereocenters. The molecule has 4 rings (SSSR count). The number of fused-ring (bicyclic) bond motifs is 5. The van der Waals surface area contributed by atoms with E-state index in [1.165, 1.54) is 11.0 Å². The highest BCUT2D eigenvalue weighted by Gasteiger charge is 2.77. The van der Waals surface area contributed by atoms with E-state index in [-0.39, 0.29) is 18.0 Å². The Bertz CT molecular complexity index is 1080. The van der Waals surface area contributed by atoms with Gasteiger partial charge in [-0.05, 0) is 45.4 Å². The van der Waals surface area contributed by atoms with Gasteiger partial charge in [-0.3, -0.25) is 14.4 Å². The lowest BCUT2D eigenvalue weighted by Crippen LogP contribution is -2.51. The second-order valence-electron chi connectivity index (χ2n) is 9.01. The van der Waals surface area contributed by atoms with E-state index in [1.54, 1.807) is 20.9 Å². The van der Waals surface area contributed by atoms with Crippen molar-refractivity contribution in [3.8, 4) is 6.07 Å². The van der Waals surface area contributed by atoms with E-state index < -0.39 is 58.1 Å². The lowest BCUT2D eigenvalue weighted by molar-refractivity contribution is -0.144. The number of amides is 3. The minimum atomic E-state index is -4.83. The van der Waals surface area contributed by atoms with Gasteiger partial charge in [0.15, 0.2) is 0 Å². The van der Waals surface area contributed by atoms with E-state index >= 15 is 0 Å². The van der Waals surface area contributed by atoms with Crippen LogP contribution in [0.5, 0.6) is 0 Å². The predicted octanol–water partition coefficient (Wildman–Crippen LogP) is 2.73. The van der Waals surface area contributed by atoms with Crippen LogP contribution < -0.4 is 4.90 Å². The summed E-state index contributed by atoms with van der Waals surface area (Å²) in [6, 6.07) is 4.24. The molecule has 32 heavy (non-hydrogen) atoms. The molecule has 3 amide bonds. The number of nitrogens with zero attached hydrogens (tertiary/aromatic N) is 3. The number of carbonyl (C=O) groups is 3. The maximum Gasteiger partial charge on any atom is 0.417 e. The zero-order chi connectivity index (χ0) is 23.8. The number of imide groups is 1. The van der Waals surface area contributed by atoms with E-state index in [0.717, 1.165) is 17.0 Å². The summed E-state index contributed by atoms with van der Waals surface area (Å²) in [5, 5.41) is 9.02. The van der Waals surface area contributed by atoms with Gasteiger partial charge in [-0.25, -0.2) is 4.90 Å². The predicted molar refractivity (Wildman–Crippen MR) is 105 cm³/mol. The third-order valence-electron chi connectivity index (χ3n) is 7.17. The summed E-state index contributed by atoms with van der Waals surface area (Å²) in [7, 11) is 1.64. The average molecular weight is 449 g/mol. The van der Waals surface area contributed by atoms with Crippen LogP contribution in [0, 0.1) is 29.1 Å². The molecule has 0 saturated carbocycles. The van der Waals surface area contributed by atoms with Gasteiger partial charge >= 0.3 is 6.18 Å². The molecule has 1 aromatic rings. The number of nitriles is 1. The Labute approximate surface area is 182 Å². The Morgan fingerprint density at radius 3 is 2.47 bits per heavy atom. The topological polar surface area (TPSA) is 90.7 Å². The Hall–Kier alpha value is -2.93. The van der Waals surface area contributed by atoms with Crippen molar-refractivity contribution in [1.29, 1.82) is 5.26 Å². The fourth-order valence-corrected chi connectivity index (χ4v) is 5.57. The fraction of sp³-hybridized carbons (Fsp3) is 0.545. The number of hydrogen-bond donors (Lipinski definition) is 0. The molecular weight excluding hydrogens is 427 g/mol. The zero-order valence-corrected chi connectivity index (χ0v) is 18.0. The van der Waals surface area contributed by atoms with Crippen LogP contribution in [0.15, 0.2) is 18.2 Å². The molecule has 5 atom stereocenters. The normalized spacial score (nSPS) is 33.4. The molecule has 2 bridgehead atoms. The molecule has 3 fully saturated rings. The van der Waals surface area contributed by atoms with Crippen molar-refractivity contribution in [2.75, 3.05) is 18.5 Å². The Kier molecular flexibility index (Phi) is 4.72. The van der Waals surface area contributed by atoms with Gasteiger partial charge in [0.2, 0.25) is 17.7 Å². The molecule has 3 aliphatic rings. The number of anilines is 1. The lowest BCUT2D eigenvalue weighted by atomic mass is 9.63. The molecule has 3 aliphatic heterocycles. The van der Waals surface area contributed by atoms with Crippen LogP contribution in [-0.4, -0.2) is 47.4 Å². The summed E-state index contributed by atoms with van der Waals surface area (Å²) >= 11 is 0. The summed E-state index contributed by atoms with van der Waals surface area (Å²) < 4.78 is 46.4. The average Bonchev–Trinajstić information content (AvgIpc) is 3.26. The van der Waals surface area contributed by atoms with Crippen molar-refractivity contribution in [1.82, 2.24) is 4.90 Å². The minimum Gasteiger partial charge on any atom is -0.367 e. The van der Waals surface area contributed by atoms with E-state index in [9.17, 15) is 27.6 Å². The quantitative estimate of drug-likeness (QED) is 0.662. The van der Waals surface area contributed by atoms with Gasteiger partial charge in [0.1, 0.15) is 0 Å². The van der Waals surface area contributed by atoms with Gasteiger partial charge in [0, 0.05) is 13.6 Å². The van der Waals surface area contributed by atoms with Crippen LogP contribution in [0.4, 0.5) is 18.9 Å². The van der Waals surface area contributed by atoms with E-state index in [1.807, 2.05) is 6.92 Å². The Morgan fingerprint density at radius 2 is 1.91 bits per heavy atom. The summed E-state index contributed by atoms with van der Waals surface area (Å²) in [5.41, 5.74) is -4.41. The second kappa shape index (κ2) is 6.78. The Balaban J connectivity index is 1.77. The van der Waals surface area contributed by atoms with E-state index in [2.05, 4.69) is 0 Å². The molecular formula is C22H22F3N3O4. The number of carbonyl (C=O) groups excluding carboxylic acids is 3. The highest BCUT2D eigenvalue weighted by Crippen LogP contribution is 2.63. The monoisotopic (exact) mass is 449 g/mol. The zero-order valence-electron chi connectivity index (χ0n) is 18.0. The molecule has 0 spiro atoms. The largest absolute Gasteiger partial charge is 0.417 e. The molecule has 7 nitrogen and oxygen atoms in total. The van der Waals surface area contributed by atoms with Crippen LogP contribution in [-0.2, 0) is 25.3 Å². The van der Waals surface area contributed by atoms with Crippen LogP contribution >= 0.6 is 0 Å². The van der Waals surface area contributed by atoms with Gasteiger partial charge in [0.05, 0.1) is 51.8 Å². The van der Waals surface area contributed by atoms with Gasteiger partial charge in [-0.2, -0.15) is 18.4 Å². The van der Waals surface area contributed by atoms with E-state index in [0.29, 0.717) is 12.6 Å². The third kappa shape index (κ3) is 2.80. The van der Waals surface area contributed by atoms with Gasteiger partial charge in [-0.1, -0.05) is 0 Å². The van der Waals surface area contributed by atoms with Crippen molar-refractivity contribution in [3.05, 3.63) is 29.3 Å². The smallest absolute Gasteiger partial charge is 0.367 e. The van der Waals surface area contributed by atoms with Gasteiger partial charge < -0.3 is 9.64 Å². The number of alkyl halides is 3. The van der Waals surface area contributed by atoms with E-state index in [4.69, 9.17) is 10.00 Å². The molecule has 0 radical (unpaired) electrons. The molecule has 0 N–H and O–H groups in total. The first-order valence-corrected chi connectivity index (χ1v) is 10.2. The first-order chi connectivity index (χ1) is 14.8. The summed E-state index contributed by atoms with van der Waals surface area (Å²) in [6.07, 6.45) is -4.59. The van der Waals surface area contributed by atoms with Crippen LogP contribution in [0.3, 0.4) is 0 Å². The van der Waals surface area contributed by atoms with Crippen molar-refractivity contribution in [2.24, 2.45) is 17.8 Å². The maximum atomic E-state index is 13.4. The minimum absolute atomic E-state index is 0.200. The molecule has 0 aliphatic carbocycles. The first kappa shape index (κ1) is 22.3. The number of halogens is 3. The highest BCUT2D eigenvalue weighted by atomic mass is 19.4. The number of hydrogen-bond acceptors (Lipinski definition) is 5. The number of benzene rings is 1. The number of ether oxygens (including phenoxy) is 1. The highest BCUT2D eigenvalue weighted by molar-refractivity contribution is 6.23. The second-order valence-corrected chi connectivity index (χ2v) is 9.01. The summed E-state index contributed by atoms with van der Waals surface area (Å²) in [6.45, 7) is 5.57. The number of rotatable bonds is 3. The molecule has 10 heteroatoms. The molecule has 170 valence electrons. The standard InChI is InChI=1S/C22H22F3N3O4/c1-5-27(4)17(29)14-9-20(2)15-16(21(14,3)32-20)19(31)28(18(15)30)12-7-6-11(10-26)13(8-12)22(23,24)25/h6-8,14-16H,5,9H2,1-4H3/t14-,15+,16-,20+,21+/m0/s1. The molecule has 0 aromatic heterocycles. The third-order valence-corrected chi connectivity index (χ3v) is 7.17. The van der Waals surface area contributed by atoms with Gasteiger partial charge in [0.25, 0.3) is 0 Å². The van der Waals surface area contributed by atoms with Gasteiger partial charge in [-0.15, -0.1) is 0 Å². The van der Waals surface area contributed by atoms with Crippen LogP contribution in [0.25, 0.3) is 0 Å². The molecule has 3 saturated heterocycles. The van der Waals surface area contributed by atoms with Crippen molar-refractivity contribution in [2.45, 2.75) is 44.6 Å². The van der Waals surface area contributed by atoms with Crippen molar-refractivity contribution < 1.29 is 32.3 Å². The summed E-state index contributed by atoms with van der Waals surface area (Å²) in [5.74, 6) is -4.09. The SMILES string of the molecule is CCN(C)C(=O)[C@@H]1C[C@@]2(C)O[C@@]1(C)[C@@H]1C(=O)N(c3ccc(C#N)c(C(F)(F)F)c3)C(=O)[C@@H]12. The fourth-order valence-electron chi connectivity index (χ4n) is 5.57. The van der Waals surface area contributed by atoms with Crippen LogP contribution in [0.2, 0.25) is 0 Å². The van der Waals surface area contributed by atoms with Crippen molar-refractivity contribution >= 4 is 23.4 Å². The summed E-state index contributed by atoms with van der Waals surface area (Å²) in [4.78, 5) is 41.9. The van der Waals surface area contributed by atoms with Crippen LogP contribution in [0.1, 0.15) is 38.3 Å².